The maximum atomic E-state index is 14.3. The number of nitrogens with one attached hydrogen (secondary N) is 2. The summed E-state index contributed by atoms with van der Waals surface area (Å²) in [4.78, 5) is 21.6. The summed E-state index contributed by atoms with van der Waals surface area (Å²) in [6, 6.07) is 16.6. The largest absolute Gasteiger partial charge is 0.496 e. The molecule has 0 aliphatic rings. The van der Waals surface area contributed by atoms with E-state index in [2.05, 4.69) is 10.6 Å². The maximum absolute atomic E-state index is 14.3. The van der Waals surface area contributed by atoms with E-state index in [1.807, 2.05) is 38.1 Å². The highest BCUT2D eigenvalue weighted by atomic mass is 35.5. The number of ether oxygens (including phenoxy) is 4. The Hall–Kier alpha value is -5.06. The quantitative estimate of drug-likeness (QED) is 0.0528. The molecule has 12 nitrogen and oxygen atoms in total. The fraction of sp³-hybridized carbons (Fsp3) is 0.366. The number of hydrogen-bond acceptors (Lipinski definition) is 10. The normalized spacial score (nSPS) is 12.5. The first-order valence-corrected chi connectivity index (χ1v) is 18.2. The molecule has 57 heavy (non-hydrogen) atoms. The topological polar surface area (TPSA) is 176 Å². The van der Waals surface area contributed by atoms with E-state index in [0.717, 1.165) is 33.9 Å². The third-order valence-corrected chi connectivity index (χ3v) is 9.48. The first-order valence-electron chi connectivity index (χ1n) is 17.8. The molecule has 0 amide bonds. The van der Waals surface area contributed by atoms with Crippen molar-refractivity contribution < 1.29 is 62.1 Å². The molecule has 0 spiro atoms. The highest BCUT2D eigenvalue weighted by molar-refractivity contribution is 6.32. The van der Waals surface area contributed by atoms with Gasteiger partial charge in [-0.15, -0.1) is 0 Å². The summed E-state index contributed by atoms with van der Waals surface area (Å²) in [6.07, 6.45) is -7.94. The molecule has 16 heteroatoms. The van der Waals surface area contributed by atoms with Crippen LogP contribution in [0, 0.1) is 13.8 Å². The Labute approximate surface area is 333 Å². The summed E-state index contributed by atoms with van der Waals surface area (Å²) in [5.41, 5.74) is 4.77. The second-order valence-corrected chi connectivity index (χ2v) is 13.7. The second kappa shape index (κ2) is 20.4. The standard InChI is InChI=1S/C41H46ClF3N2O10/c1-23-25(21-56-37-15-35(54-3)27(11-33(37)41(43,44)45)17-46-19-29(48)13-39(50)51)7-5-9-31(23)32-10-6-8-26(24(32)2)22-57-38-16-36(55-4)28(12-34(38)42)18-47-20-30(49)14-40(52)53/h5-12,15-16,29-30,46-49H,13-14,17-22H2,1-4H3,(H,50,51)(H,52,53). The van der Waals surface area contributed by atoms with Crippen molar-refractivity contribution in [3.63, 3.8) is 0 Å². The maximum Gasteiger partial charge on any atom is 0.419 e. The van der Waals surface area contributed by atoms with E-state index in [9.17, 15) is 33.0 Å². The van der Waals surface area contributed by atoms with Gasteiger partial charge in [0.05, 0.1) is 49.9 Å². The smallest absolute Gasteiger partial charge is 0.419 e. The SMILES string of the molecule is COc1cc(OCc2cccc(-c3cccc(COc4cc(OC)c(CNCC(O)CC(=O)O)cc4C(F)(F)F)c3C)c2C)c(Cl)cc1CNCC(O)CC(=O)O. The number of halogens is 4. The summed E-state index contributed by atoms with van der Waals surface area (Å²) in [6.45, 7) is 3.83. The van der Waals surface area contributed by atoms with Crippen molar-refractivity contribution in [3.05, 3.63) is 105 Å². The van der Waals surface area contributed by atoms with Crippen LogP contribution in [0.3, 0.4) is 0 Å². The number of carboxylic acids is 2. The van der Waals surface area contributed by atoms with Crippen molar-refractivity contribution in [1.29, 1.82) is 0 Å². The Balaban J connectivity index is 1.50. The average Bonchev–Trinajstić information content (AvgIpc) is 3.13. The number of alkyl halides is 3. The zero-order valence-corrected chi connectivity index (χ0v) is 32.6. The minimum absolute atomic E-state index is 0.0604. The first-order chi connectivity index (χ1) is 27.0. The Bertz CT molecular complexity index is 2030. The number of carbonyl (C=O) groups is 2. The van der Waals surface area contributed by atoms with Crippen molar-refractivity contribution >= 4 is 23.5 Å². The van der Waals surface area contributed by atoms with Crippen LogP contribution >= 0.6 is 11.6 Å². The van der Waals surface area contributed by atoms with Crippen molar-refractivity contribution in [2.45, 2.75) is 71.4 Å². The molecule has 0 saturated carbocycles. The number of carboxylic acid groups (broad SMARTS) is 2. The fourth-order valence-electron chi connectivity index (χ4n) is 6.16. The van der Waals surface area contributed by atoms with Crippen molar-refractivity contribution in [3.8, 4) is 34.1 Å². The molecular weight excluding hydrogens is 773 g/mol. The van der Waals surface area contributed by atoms with E-state index in [-0.39, 0.29) is 57.1 Å². The third kappa shape index (κ3) is 12.5. The zero-order valence-electron chi connectivity index (χ0n) is 31.8. The lowest BCUT2D eigenvalue weighted by Crippen LogP contribution is -2.28. The van der Waals surface area contributed by atoms with Crippen LogP contribution in [0.25, 0.3) is 11.1 Å². The predicted molar refractivity (Wildman–Crippen MR) is 206 cm³/mol. The molecule has 0 radical (unpaired) electrons. The zero-order chi connectivity index (χ0) is 41.9. The Morgan fingerprint density at radius 2 is 1.12 bits per heavy atom. The van der Waals surface area contributed by atoms with Gasteiger partial charge in [-0.2, -0.15) is 13.2 Å². The molecule has 0 heterocycles. The number of aliphatic hydroxyl groups excluding tert-OH is 2. The van der Waals surface area contributed by atoms with Crippen molar-refractivity contribution in [2.24, 2.45) is 0 Å². The highest BCUT2D eigenvalue weighted by Crippen LogP contribution is 2.41. The van der Waals surface area contributed by atoms with Gasteiger partial charge in [-0.3, -0.25) is 9.59 Å². The average molecular weight is 819 g/mol. The molecule has 4 aromatic rings. The van der Waals surface area contributed by atoms with Crippen molar-refractivity contribution in [1.82, 2.24) is 10.6 Å². The molecule has 0 fully saturated rings. The molecule has 4 rings (SSSR count). The van der Waals surface area contributed by atoms with E-state index < -0.39 is 48.1 Å². The van der Waals surface area contributed by atoms with Crippen LogP contribution in [-0.2, 0) is 42.1 Å². The molecule has 0 bridgehead atoms. The Kier molecular flexibility index (Phi) is 16.0. The lowest BCUT2D eigenvalue weighted by Gasteiger charge is -2.20. The van der Waals surface area contributed by atoms with Gasteiger partial charge in [0, 0.05) is 49.4 Å². The van der Waals surface area contributed by atoms with Gasteiger partial charge >= 0.3 is 18.1 Å². The van der Waals surface area contributed by atoms with Gasteiger partial charge in [0.15, 0.2) is 0 Å². The number of benzene rings is 4. The van der Waals surface area contributed by atoms with Crippen LogP contribution in [0.5, 0.6) is 23.0 Å². The minimum Gasteiger partial charge on any atom is -0.496 e. The molecule has 2 unspecified atom stereocenters. The summed E-state index contributed by atoms with van der Waals surface area (Å²) in [5.74, 6) is -1.76. The third-order valence-electron chi connectivity index (χ3n) is 9.18. The second-order valence-electron chi connectivity index (χ2n) is 13.3. The Morgan fingerprint density at radius 3 is 1.56 bits per heavy atom. The van der Waals surface area contributed by atoms with Crippen LogP contribution in [-0.4, -0.2) is 71.9 Å². The van der Waals surface area contributed by atoms with Gasteiger partial charge in [-0.25, -0.2) is 0 Å². The van der Waals surface area contributed by atoms with Crippen LogP contribution in [0.2, 0.25) is 5.02 Å². The lowest BCUT2D eigenvalue weighted by molar-refractivity contribution is -0.140. The van der Waals surface area contributed by atoms with Crippen LogP contribution < -0.4 is 29.6 Å². The summed E-state index contributed by atoms with van der Waals surface area (Å²) >= 11 is 6.57. The summed E-state index contributed by atoms with van der Waals surface area (Å²) in [5, 5.41) is 43.4. The van der Waals surface area contributed by atoms with Gasteiger partial charge in [0.1, 0.15) is 36.2 Å². The van der Waals surface area contributed by atoms with Gasteiger partial charge in [0.2, 0.25) is 0 Å². The molecular formula is C41H46ClF3N2O10. The summed E-state index contributed by atoms with van der Waals surface area (Å²) in [7, 11) is 2.81. The predicted octanol–water partition coefficient (Wildman–Crippen LogP) is 6.67. The first kappa shape index (κ1) is 44.7. The monoisotopic (exact) mass is 818 g/mol. The van der Waals surface area contributed by atoms with Gasteiger partial charge in [0.25, 0.3) is 0 Å². The van der Waals surface area contributed by atoms with Gasteiger partial charge in [-0.1, -0.05) is 48.0 Å². The van der Waals surface area contributed by atoms with Crippen LogP contribution in [0.4, 0.5) is 13.2 Å². The van der Waals surface area contributed by atoms with E-state index in [1.165, 1.54) is 20.3 Å². The van der Waals surface area contributed by atoms with E-state index in [0.29, 0.717) is 27.6 Å². The van der Waals surface area contributed by atoms with E-state index in [1.54, 1.807) is 24.3 Å². The number of methoxy groups -OCH3 is 2. The van der Waals surface area contributed by atoms with Crippen LogP contribution in [0.15, 0.2) is 60.7 Å². The highest BCUT2D eigenvalue weighted by Gasteiger charge is 2.36. The summed E-state index contributed by atoms with van der Waals surface area (Å²) < 4.78 is 65.7. The minimum atomic E-state index is -4.76. The number of rotatable bonds is 21. The molecule has 0 aromatic heterocycles. The molecule has 6 N–H and O–H groups in total. The molecule has 0 aliphatic carbocycles. The Morgan fingerprint density at radius 1 is 0.684 bits per heavy atom. The molecule has 4 aromatic carbocycles. The molecule has 2 atom stereocenters. The fourth-order valence-corrected chi connectivity index (χ4v) is 6.40. The van der Waals surface area contributed by atoms with Gasteiger partial charge in [-0.05, 0) is 59.4 Å². The van der Waals surface area contributed by atoms with Gasteiger partial charge < -0.3 is 50.0 Å². The number of aliphatic carboxylic acids is 2. The number of hydrogen-bond donors (Lipinski definition) is 6. The van der Waals surface area contributed by atoms with E-state index >= 15 is 0 Å². The molecule has 0 aliphatic heterocycles. The molecule has 0 saturated heterocycles. The lowest BCUT2D eigenvalue weighted by atomic mass is 9.92. The van der Waals surface area contributed by atoms with Crippen molar-refractivity contribution in [2.75, 3.05) is 27.3 Å². The van der Waals surface area contributed by atoms with Crippen LogP contribution in [0.1, 0.15) is 51.8 Å². The number of aliphatic hydroxyl groups is 2. The van der Waals surface area contributed by atoms with E-state index in [4.69, 9.17) is 40.8 Å². The molecule has 308 valence electrons.